The van der Waals surface area contributed by atoms with Crippen LogP contribution in [0.25, 0.3) is 0 Å². The maximum Gasteiger partial charge on any atom is -0.0205 e. The standard InChI is InChI=1S/C23H38/c1-5-8-15(9-6-2)14(4)19-12-21(19)22-13-20(22)18-11-10-17-16(7-3)23(17)18/h5,8,14-23H,6-7,9-13H2,1-4H3. The van der Waals surface area contributed by atoms with E-state index in [4.69, 9.17) is 0 Å². The molecule has 4 rings (SSSR count). The van der Waals surface area contributed by atoms with Gasteiger partial charge in [0, 0.05) is 0 Å². The molecule has 23 heavy (non-hydrogen) atoms. The van der Waals surface area contributed by atoms with E-state index in [1.54, 1.807) is 25.7 Å². The molecular weight excluding hydrogens is 276 g/mol. The summed E-state index contributed by atoms with van der Waals surface area (Å²) >= 11 is 0. The van der Waals surface area contributed by atoms with Crippen molar-refractivity contribution in [1.29, 1.82) is 0 Å². The van der Waals surface area contributed by atoms with Crippen molar-refractivity contribution < 1.29 is 0 Å². The summed E-state index contributed by atoms with van der Waals surface area (Å²) in [6.45, 7) is 9.54. The van der Waals surface area contributed by atoms with Gasteiger partial charge in [-0.25, -0.2) is 0 Å². The Balaban J connectivity index is 1.29. The van der Waals surface area contributed by atoms with Crippen molar-refractivity contribution in [2.24, 2.45) is 59.2 Å². The number of hydrogen-bond acceptors (Lipinski definition) is 0. The van der Waals surface area contributed by atoms with Crippen LogP contribution < -0.4 is 0 Å². The molecule has 4 aliphatic rings. The smallest absolute Gasteiger partial charge is 0.0205 e. The van der Waals surface area contributed by atoms with Crippen LogP contribution in [0, 0.1) is 59.2 Å². The summed E-state index contributed by atoms with van der Waals surface area (Å²) in [6.07, 6.45) is 15.4. The minimum atomic E-state index is 0.848. The van der Waals surface area contributed by atoms with Crippen molar-refractivity contribution in [3.8, 4) is 0 Å². The second-order valence-electron chi connectivity index (χ2n) is 9.52. The molecule has 10 atom stereocenters. The summed E-state index contributed by atoms with van der Waals surface area (Å²) in [5, 5.41) is 0. The Hall–Kier alpha value is -0.260. The van der Waals surface area contributed by atoms with E-state index in [9.17, 15) is 0 Å². The van der Waals surface area contributed by atoms with E-state index >= 15 is 0 Å². The van der Waals surface area contributed by atoms with E-state index in [0.29, 0.717) is 0 Å². The zero-order chi connectivity index (χ0) is 16.1. The van der Waals surface area contributed by atoms with E-state index in [-0.39, 0.29) is 0 Å². The Kier molecular flexibility index (Phi) is 4.39. The van der Waals surface area contributed by atoms with E-state index in [1.165, 1.54) is 31.1 Å². The predicted molar refractivity (Wildman–Crippen MR) is 99.1 cm³/mol. The molecule has 0 heteroatoms. The lowest BCUT2D eigenvalue weighted by atomic mass is 9.84. The zero-order valence-electron chi connectivity index (χ0n) is 15.9. The summed E-state index contributed by atoms with van der Waals surface area (Å²) in [6, 6.07) is 0. The molecule has 0 heterocycles. The molecule has 0 bridgehead atoms. The third kappa shape index (κ3) is 2.83. The van der Waals surface area contributed by atoms with Crippen molar-refractivity contribution >= 4 is 0 Å². The molecule has 0 radical (unpaired) electrons. The first kappa shape index (κ1) is 16.2. The second kappa shape index (κ2) is 6.23. The highest BCUT2D eigenvalue weighted by Crippen LogP contribution is 2.71. The van der Waals surface area contributed by atoms with Crippen molar-refractivity contribution in [1.82, 2.24) is 0 Å². The van der Waals surface area contributed by atoms with Crippen molar-refractivity contribution in [2.75, 3.05) is 0 Å². The average Bonchev–Trinajstić information content (AvgIpc) is 3.46. The molecule has 4 aliphatic carbocycles. The SMILES string of the molecule is CC=CC(CCC)C(C)C1CC1C1CC1C1CCC2C(CC)C12. The first-order valence-corrected chi connectivity index (χ1v) is 10.8. The molecule has 0 saturated heterocycles. The maximum absolute atomic E-state index is 2.56. The number of fused-ring (bicyclic) bond motifs is 1. The van der Waals surface area contributed by atoms with Crippen LogP contribution in [-0.2, 0) is 0 Å². The lowest BCUT2D eigenvalue weighted by Gasteiger charge is -2.21. The Bertz CT molecular complexity index is 445. The Morgan fingerprint density at radius 1 is 0.957 bits per heavy atom. The molecule has 0 aromatic rings. The van der Waals surface area contributed by atoms with E-state index in [2.05, 4.69) is 39.8 Å². The normalized spacial score (nSPS) is 49.9. The first-order valence-electron chi connectivity index (χ1n) is 10.8. The number of hydrogen-bond donors (Lipinski definition) is 0. The molecule has 10 unspecified atom stereocenters. The highest BCUT2D eigenvalue weighted by Gasteiger charge is 2.64. The summed E-state index contributed by atoms with van der Waals surface area (Å²) in [7, 11) is 0. The zero-order valence-corrected chi connectivity index (χ0v) is 15.9. The van der Waals surface area contributed by atoms with Gasteiger partial charge in [0.1, 0.15) is 0 Å². The van der Waals surface area contributed by atoms with E-state index < -0.39 is 0 Å². The third-order valence-electron chi connectivity index (χ3n) is 8.49. The molecule has 0 aromatic heterocycles. The molecule has 0 aromatic carbocycles. The number of rotatable bonds is 8. The van der Waals surface area contributed by atoms with Gasteiger partial charge in [-0.1, -0.05) is 45.8 Å². The quantitative estimate of drug-likeness (QED) is 0.444. The Morgan fingerprint density at radius 2 is 1.70 bits per heavy atom. The van der Waals surface area contributed by atoms with Crippen LogP contribution in [0.15, 0.2) is 12.2 Å². The van der Waals surface area contributed by atoms with Crippen LogP contribution in [0.3, 0.4) is 0 Å². The van der Waals surface area contributed by atoms with Crippen LogP contribution in [0.1, 0.15) is 72.6 Å². The van der Waals surface area contributed by atoms with Crippen molar-refractivity contribution in [2.45, 2.75) is 72.6 Å². The van der Waals surface area contributed by atoms with Crippen LogP contribution >= 0.6 is 0 Å². The predicted octanol–water partition coefficient (Wildman–Crippen LogP) is 6.57. The fraction of sp³-hybridized carbons (Fsp3) is 0.913. The van der Waals surface area contributed by atoms with Crippen LogP contribution in [0.2, 0.25) is 0 Å². The highest BCUT2D eigenvalue weighted by atomic mass is 14.7. The van der Waals surface area contributed by atoms with Crippen LogP contribution in [0.5, 0.6) is 0 Å². The van der Waals surface area contributed by atoms with Gasteiger partial charge in [-0.3, -0.25) is 0 Å². The maximum atomic E-state index is 2.56. The molecule has 0 aliphatic heterocycles. The molecule has 130 valence electrons. The Morgan fingerprint density at radius 3 is 2.35 bits per heavy atom. The lowest BCUT2D eigenvalue weighted by Crippen LogP contribution is -2.13. The van der Waals surface area contributed by atoms with Crippen LogP contribution in [0.4, 0.5) is 0 Å². The lowest BCUT2D eigenvalue weighted by molar-refractivity contribution is 0.317. The first-order chi connectivity index (χ1) is 11.2. The Labute approximate surface area is 144 Å². The fourth-order valence-corrected chi connectivity index (χ4v) is 7.15. The highest BCUT2D eigenvalue weighted by molar-refractivity contribution is 5.13. The molecule has 4 fully saturated rings. The molecule has 0 nitrogen and oxygen atoms in total. The van der Waals surface area contributed by atoms with Crippen LogP contribution in [-0.4, -0.2) is 0 Å². The van der Waals surface area contributed by atoms with Crippen molar-refractivity contribution in [3.63, 3.8) is 0 Å². The van der Waals surface area contributed by atoms with Gasteiger partial charge >= 0.3 is 0 Å². The molecule has 0 N–H and O–H groups in total. The monoisotopic (exact) mass is 314 g/mol. The fourth-order valence-electron chi connectivity index (χ4n) is 7.15. The van der Waals surface area contributed by atoms with Crippen molar-refractivity contribution in [3.05, 3.63) is 12.2 Å². The summed E-state index contributed by atoms with van der Waals surface area (Å²) in [5.74, 6) is 10.9. The number of allylic oxidation sites excluding steroid dienone is 2. The molecular formula is C23H38. The average molecular weight is 315 g/mol. The topological polar surface area (TPSA) is 0 Å². The molecule has 4 saturated carbocycles. The summed E-state index contributed by atoms with van der Waals surface area (Å²) in [4.78, 5) is 0. The van der Waals surface area contributed by atoms with Gasteiger partial charge < -0.3 is 0 Å². The second-order valence-corrected chi connectivity index (χ2v) is 9.52. The van der Waals surface area contributed by atoms with Gasteiger partial charge in [0.25, 0.3) is 0 Å². The molecule has 0 spiro atoms. The van der Waals surface area contributed by atoms with E-state index in [1.807, 2.05) is 0 Å². The third-order valence-corrected chi connectivity index (χ3v) is 8.49. The molecule has 0 amide bonds. The van der Waals surface area contributed by atoms with Gasteiger partial charge in [0.15, 0.2) is 0 Å². The van der Waals surface area contributed by atoms with Gasteiger partial charge in [-0.05, 0) is 98.2 Å². The summed E-state index contributed by atoms with van der Waals surface area (Å²) in [5.41, 5.74) is 0. The van der Waals surface area contributed by atoms with Gasteiger partial charge in [-0.2, -0.15) is 0 Å². The minimum absolute atomic E-state index is 0.848. The minimum Gasteiger partial charge on any atom is -0.0914 e. The van der Waals surface area contributed by atoms with Gasteiger partial charge in [-0.15, -0.1) is 0 Å². The van der Waals surface area contributed by atoms with E-state index in [0.717, 1.165) is 47.3 Å². The largest absolute Gasteiger partial charge is 0.0914 e. The summed E-state index contributed by atoms with van der Waals surface area (Å²) < 4.78 is 0. The van der Waals surface area contributed by atoms with Gasteiger partial charge in [0.05, 0.1) is 0 Å². The van der Waals surface area contributed by atoms with Gasteiger partial charge in [0.2, 0.25) is 0 Å².